The number of para-hydroxylation sites is 2. The number of amides is 1. The van der Waals surface area contributed by atoms with Crippen LogP contribution in [0.15, 0.2) is 42.1 Å². The smallest absolute Gasteiger partial charge is 0.309 e. The highest BCUT2D eigenvalue weighted by Gasteiger charge is 2.30. The predicted octanol–water partition coefficient (Wildman–Crippen LogP) is 2.87. The number of carbonyl (C=O) groups is 2. The number of thioether (sulfide) groups is 1. The second kappa shape index (κ2) is 10.7. The molecule has 0 bridgehead atoms. The molecule has 0 saturated carbocycles. The number of carbonyl (C=O) groups excluding carboxylic acids is 2. The first kappa shape index (κ1) is 23.2. The van der Waals surface area contributed by atoms with Crippen molar-refractivity contribution in [1.82, 2.24) is 19.7 Å². The summed E-state index contributed by atoms with van der Waals surface area (Å²) in [5.74, 6) is 1.97. The van der Waals surface area contributed by atoms with Crippen LogP contribution in [0.1, 0.15) is 31.7 Å². The minimum absolute atomic E-state index is 0.0168. The fourth-order valence-corrected chi connectivity index (χ4v) is 4.79. The van der Waals surface area contributed by atoms with Gasteiger partial charge in [0.25, 0.3) is 0 Å². The molecule has 10 heteroatoms. The molecule has 0 N–H and O–H groups in total. The van der Waals surface area contributed by atoms with E-state index in [9.17, 15) is 9.59 Å². The number of hydrogen-bond acceptors (Lipinski definition) is 8. The van der Waals surface area contributed by atoms with Gasteiger partial charge in [-0.05, 0) is 31.9 Å². The molecule has 2 aliphatic heterocycles. The molecule has 4 rings (SSSR count). The summed E-state index contributed by atoms with van der Waals surface area (Å²) in [6.45, 7) is 7.94. The van der Waals surface area contributed by atoms with E-state index in [1.807, 2.05) is 28.8 Å². The average molecular weight is 473 g/mol. The van der Waals surface area contributed by atoms with Crippen LogP contribution in [0.3, 0.4) is 0 Å². The summed E-state index contributed by atoms with van der Waals surface area (Å²) in [6.07, 6.45) is 2.62. The Balaban J connectivity index is 1.36. The van der Waals surface area contributed by atoms with Gasteiger partial charge in [-0.25, -0.2) is 0 Å². The zero-order valence-electron chi connectivity index (χ0n) is 18.6. The first-order valence-corrected chi connectivity index (χ1v) is 12.1. The summed E-state index contributed by atoms with van der Waals surface area (Å²) in [5, 5.41) is 9.26. The average Bonchev–Trinajstić information content (AvgIpc) is 3.25. The van der Waals surface area contributed by atoms with Crippen LogP contribution in [0.5, 0.6) is 11.5 Å². The standard InChI is InChI=1S/C23H28N4O5S/c1-3-11-27-21(19-14-31-17-7-5-6-8-18(17)32-19)24-25-23(27)33-15-20(28)26-12-9-16(10-13-26)22(29)30-4-2/h3,5-8,16,19H,1,4,9-15H2,2H3/t19-/m1/s1. The Morgan fingerprint density at radius 3 is 2.73 bits per heavy atom. The van der Waals surface area contributed by atoms with E-state index in [-0.39, 0.29) is 23.5 Å². The minimum Gasteiger partial charge on any atom is -0.485 e. The predicted molar refractivity (Wildman–Crippen MR) is 122 cm³/mol. The summed E-state index contributed by atoms with van der Waals surface area (Å²) >= 11 is 1.34. The normalized spacial score (nSPS) is 18.1. The highest BCUT2D eigenvalue weighted by molar-refractivity contribution is 7.99. The number of nitrogens with zero attached hydrogens (tertiary/aromatic N) is 4. The number of aromatic nitrogens is 3. The lowest BCUT2D eigenvalue weighted by Gasteiger charge is -2.30. The Hall–Kier alpha value is -3.01. The Morgan fingerprint density at radius 2 is 2.00 bits per heavy atom. The molecule has 3 heterocycles. The van der Waals surface area contributed by atoms with Crippen molar-refractivity contribution in [2.75, 3.05) is 32.1 Å². The highest BCUT2D eigenvalue weighted by atomic mass is 32.2. The molecule has 0 unspecified atom stereocenters. The maximum Gasteiger partial charge on any atom is 0.309 e. The molecule has 0 radical (unpaired) electrons. The molecular weight excluding hydrogens is 444 g/mol. The Kier molecular flexibility index (Phi) is 7.54. The number of rotatable bonds is 8. The summed E-state index contributed by atoms with van der Waals surface area (Å²) < 4.78 is 18.9. The van der Waals surface area contributed by atoms with Gasteiger partial charge in [-0.15, -0.1) is 16.8 Å². The van der Waals surface area contributed by atoms with Gasteiger partial charge in [0, 0.05) is 19.6 Å². The van der Waals surface area contributed by atoms with E-state index in [2.05, 4.69) is 16.8 Å². The molecule has 0 spiro atoms. The maximum absolute atomic E-state index is 12.8. The lowest BCUT2D eigenvalue weighted by atomic mass is 9.97. The van der Waals surface area contributed by atoms with Crippen LogP contribution in [0.4, 0.5) is 0 Å². The van der Waals surface area contributed by atoms with Gasteiger partial charge < -0.3 is 19.1 Å². The van der Waals surface area contributed by atoms with Crippen molar-refractivity contribution < 1.29 is 23.8 Å². The number of ether oxygens (including phenoxy) is 3. The van der Waals surface area contributed by atoms with Gasteiger partial charge in [0.05, 0.1) is 18.3 Å². The number of likely N-dealkylation sites (tertiary alicyclic amines) is 1. The molecule has 1 fully saturated rings. The Labute approximate surface area is 197 Å². The van der Waals surface area contributed by atoms with Gasteiger partial charge in [0.2, 0.25) is 5.91 Å². The van der Waals surface area contributed by atoms with E-state index >= 15 is 0 Å². The van der Waals surface area contributed by atoms with E-state index in [4.69, 9.17) is 14.2 Å². The van der Waals surface area contributed by atoms with E-state index in [0.717, 1.165) is 0 Å². The summed E-state index contributed by atoms with van der Waals surface area (Å²) in [6, 6.07) is 7.51. The third-order valence-corrected chi connectivity index (χ3v) is 6.60. The summed E-state index contributed by atoms with van der Waals surface area (Å²) in [4.78, 5) is 26.5. The molecule has 0 aliphatic carbocycles. The lowest BCUT2D eigenvalue weighted by molar-refractivity contribution is -0.151. The van der Waals surface area contributed by atoms with Crippen molar-refractivity contribution in [2.24, 2.45) is 5.92 Å². The van der Waals surface area contributed by atoms with Crippen molar-refractivity contribution in [3.8, 4) is 11.5 Å². The van der Waals surface area contributed by atoms with E-state index < -0.39 is 6.10 Å². The number of esters is 1. The van der Waals surface area contributed by atoms with Gasteiger partial charge in [-0.3, -0.25) is 14.2 Å². The monoisotopic (exact) mass is 472 g/mol. The van der Waals surface area contributed by atoms with Crippen LogP contribution in [-0.4, -0.2) is 63.6 Å². The highest BCUT2D eigenvalue weighted by Crippen LogP contribution is 2.36. The molecule has 1 amide bonds. The van der Waals surface area contributed by atoms with Gasteiger partial charge in [0.15, 0.2) is 28.6 Å². The molecule has 1 aromatic carbocycles. The van der Waals surface area contributed by atoms with E-state index in [1.165, 1.54) is 11.8 Å². The van der Waals surface area contributed by atoms with Crippen molar-refractivity contribution >= 4 is 23.6 Å². The molecule has 2 aliphatic rings. The largest absolute Gasteiger partial charge is 0.485 e. The fraction of sp³-hybridized carbons (Fsp3) is 0.478. The number of piperidine rings is 1. The molecule has 2 aromatic rings. The van der Waals surface area contributed by atoms with Gasteiger partial charge in [-0.2, -0.15) is 0 Å². The fourth-order valence-electron chi connectivity index (χ4n) is 3.93. The second-order valence-electron chi connectivity index (χ2n) is 7.80. The molecule has 33 heavy (non-hydrogen) atoms. The van der Waals surface area contributed by atoms with Gasteiger partial charge >= 0.3 is 5.97 Å². The maximum atomic E-state index is 12.8. The number of hydrogen-bond donors (Lipinski definition) is 0. The van der Waals surface area contributed by atoms with Gasteiger partial charge in [0.1, 0.15) is 6.61 Å². The second-order valence-corrected chi connectivity index (χ2v) is 8.74. The Bertz CT molecular complexity index is 1000. The van der Waals surface area contributed by atoms with Crippen LogP contribution in [-0.2, 0) is 20.9 Å². The summed E-state index contributed by atoms with van der Waals surface area (Å²) in [7, 11) is 0. The van der Waals surface area contributed by atoms with Crippen LogP contribution in [0.25, 0.3) is 0 Å². The molecule has 176 valence electrons. The zero-order valence-corrected chi connectivity index (χ0v) is 19.5. The van der Waals surface area contributed by atoms with E-state index in [0.29, 0.717) is 68.2 Å². The van der Waals surface area contributed by atoms with Crippen molar-refractivity contribution in [1.29, 1.82) is 0 Å². The first-order valence-electron chi connectivity index (χ1n) is 11.1. The lowest BCUT2D eigenvalue weighted by Crippen LogP contribution is -2.41. The van der Waals surface area contributed by atoms with Crippen LogP contribution in [0.2, 0.25) is 0 Å². The molecule has 1 aromatic heterocycles. The number of allylic oxidation sites excluding steroid dienone is 1. The third-order valence-electron chi connectivity index (χ3n) is 5.65. The number of benzene rings is 1. The topological polar surface area (TPSA) is 95.8 Å². The van der Waals surface area contributed by atoms with Crippen LogP contribution >= 0.6 is 11.8 Å². The summed E-state index contributed by atoms with van der Waals surface area (Å²) in [5.41, 5.74) is 0. The van der Waals surface area contributed by atoms with Crippen LogP contribution < -0.4 is 9.47 Å². The molecule has 1 saturated heterocycles. The van der Waals surface area contributed by atoms with Crippen molar-refractivity contribution in [3.05, 3.63) is 42.7 Å². The third kappa shape index (κ3) is 5.32. The molecular formula is C23H28N4O5S. The van der Waals surface area contributed by atoms with E-state index in [1.54, 1.807) is 17.9 Å². The SMILES string of the molecule is C=CCn1c(SCC(=O)N2CCC(C(=O)OCC)CC2)nnc1[C@H]1COc2ccccc2O1. The number of fused-ring (bicyclic) bond motifs is 1. The first-order chi connectivity index (χ1) is 16.1. The Morgan fingerprint density at radius 1 is 1.24 bits per heavy atom. The van der Waals surface area contributed by atoms with Gasteiger partial charge in [-0.1, -0.05) is 30.0 Å². The molecule has 9 nitrogen and oxygen atoms in total. The quantitative estimate of drug-likeness (QED) is 0.329. The molecule has 1 atom stereocenters. The van der Waals surface area contributed by atoms with Crippen molar-refractivity contribution in [2.45, 2.75) is 37.6 Å². The van der Waals surface area contributed by atoms with Crippen LogP contribution in [0, 0.1) is 5.92 Å². The zero-order chi connectivity index (χ0) is 23.2. The minimum atomic E-state index is -0.403. The van der Waals surface area contributed by atoms with Crippen molar-refractivity contribution in [3.63, 3.8) is 0 Å².